The predicted octanol–water partition coefficient (Wildman–Crippen LogP) is 0.447. The average molecular weight is 215 g/mol. The molecule has 4 N–H and O–H groups in total. The summed E-state index contributed by atoms with van der Waals surface area (Å²) in [6.07, 6.45) is 0. The van der Waals surface area contributed by atoms with Crippen molar-refractivity contribution in [2.24, 2.45) is 0 Å². The molecule has 0 radical (unpaired) electrons. The molecule has 1 aromatic carbocycles. The minimum absolute atomic E-state index is 0. The van der Waals surface area contributed by atoms with E-state index in [4.69, 9.17) is 4.55 Å². The summed E-state index contributed by atoms with van der Waals surface area (Å²) in [5.41, 5.74) is 0. The Morgan fingerprint density at radius 2 is 1.50 bits per heavy atom. The second-order valence-corrected chi connectivity index (χ2v) is 3.21. The van der Waals surface area contributed by atoms with Gasteiger partial charge in [0.25, 0.3) is 10.1 Å². The van der Waals surface area contributed by atoms with Crippen LogP contribution in [0.4, 0.5) is 0 Å². The Morgan fingerprint density at radius 1 is 1.08 bits per heavy atom. The predicted molar refractivity (Wildman–Crippen MR) is 48.4 cm³/mol. The second kappa shape index (κ2) is 6.22. The first-order valence-corrected chi connectivity index (χ1v) is 4.07. The van der Waals surface area contributed by atoms with Crippen LogP contribution in [0, 0.1) is 0 Å². The standard InChI is InChI=1S/C6H6O3S.K.H3N.H/c7-10(8,9)6-4-2-1-3-5-6;;;/h1-5H,(H,7,8,9);;1H3;. The topological polar surface area (TPSA) is 89.4 Å². The van der Waals surface area contributed by atoms with Crippen molar-refractivity contribution in [1.82, 2.24) is 6.15 Å². The monoisotopic (exact) mass is 215 g/mol. The van der Waals surface area contributed by atoms with E-state index in [0.717, 1.165) is 0 Å². The summed E-state index contributed by atoms with van der Waals surface area (Å²) in [7, 11) is -4.00. The molecule has 0 aliphatic heterocycles. The molecule has 64 valence electrons. The van der Waals surface area contributed by atoms with E-state index in [1.54, 1.807) is 18.2 Å². The average Bonchev–Trinajstić information content (AvgIpc) is 1.88. The van der Waals surface area contributed by atoms with Gasteiger partial charge < -0.3 is 6.15 Å². The van der Waals surface area contributed by atoms with Crippen LogP contribution in [-0.2, 0) is 10.1 Å². The Bertz CT molecular complexity index is 311. The van der Waals surface area contributed by atoms with E-state index in [2.05, 4.69) is 0 Å². The summed E-state index contributed by atoms with van der Waals surface area (Å²) in [5, 5.41) is 0. The molecule has 0 spiro atoms. The summed E-state index contributed by atoms with van der Waals surface area (Å²) >= 11 is 0. The summed E-state index contributed by atoms with van der Waals surface area (Å²) in [5.74, 6) is 0. The Kier molecular flexibility index (Phi) is 7.89. The van der Waals surface area contributed by atoms with Gasteiger partial charge in [-0.3, -0.25) is 4.55 Å². The minimum atomic E-state index is -4.00. The molecule has 0 aromatic heterocycles. The van der Waals surface area contributed by atoms with Crippen molar-refractivity contribution < 1.29 is 13.0 Å². The van der Waals surface area contributed by atoms with Crippen LogP contribution in [0.2, 0.25) is 0 Å². The van der Waals surface area contributed by atoms with Crippen molar-refractivity contribution in [2.75, 3.05) is 0 Å². The fourth-order valence-corrected chi connectivity index (χ4v) is 1.09. The number of hydrogen-bond donors (Lipinski definition) is 2. The first-order chi connectivity index (χ1) is 4.61. The Morgan fingerprint density at radius 3 is 1.75 bits per heavy atom. The van der Waals surface area contributed by atoms with Crippen LogP contribution in [0.3, 0.4) is 0 Å². The van der Waals surface area contributed by atoms with Crippen molar-refractivity contribution in [3.05, 3.63) is 30.3 Å². The number of rotatable bonds is 1. The Balaban J connectivity index is 0. The molecule has 12 heavy (non-hydrogen) atoms. The van der Waals surface area contributed by atoms with Crippen molar-refractivity contribution >= 4 is 61.5 Å². The van der Waals surface area contributed by atoms with Crippen LogP contribution < -0.4 is 6.15 Å². The van der Waals surface area contributed by atoms with Gasteiger partial charge in [0.2, 0.25) is 0 Å². The second-order valence-electron chi connectivity index (χ2n) is 1.79. The van der Waals surface area contributed by atoms with E-state index in [-0.39, 0.29) is 62.4 Å². The molecule has 4 nitrogen and oxygen atoms in total. The summed E-state index contributed by atoms with van der Waals surface area (Å²) < 4.78 is 29.2. The van der Waals surface area contributed by atoms with Crippen molar-refractivity contribution in [1.29, 1.82) is 0 Å². The molecule has 0 aliphatic rings. The van der Waals surface area contributed by atoms with Crippen molar-refractivity contribution in [3.63, 3.8) is 0 Å². The number of hydrogen-bond acceptors (Lipinski definition) is 3. The van der Waals surface area contributed by atoms with Gasteiger partial charge in [-0.1, -0.05) is 18.2 Å². The third kappa shape index (κ3) is 4.68. The third-order valence-corrected chi connectivity index (χ3v) is 1.91. The van der Waals surface area contributed by atoms with Crippen LogP contribution in [-0.4, -0.2) is 64.4 Å². The van der Waals surface area contributed by atoms with Gasteiger partial charge in [0.05, 0.1) is 4.90 Å². The molecule has 0 unspecified atom stereocenters. The normalized spacial score (nSPS) is 9.42. The molecule has 1 aromatic rings. The molecule has 0 fully saturated rings. The molecule has 0 bridgehead atoms. The Hall–Kier alpha value is 0.726. The summed E-state index contributed by atoms with van der Waals surface area (Å²) in [6.45, 7) is 0. The molecular formula is C6H10KNO3S. The van der Waals surface area contributed by atoms with Gasteiger partial charge in [0, 0.05) is 0 Å². The fourth-order valence-electron chi connectivity index (χ4n) is 0.592. The van der Waals surface area contributed by atoms with Gasteiger partial charge >= 0.3 is 51.4 Å². The van der Waals surface area contributed by atoms with E-state index in [1.165, 1.54) is 12.1 Å². The van der Waals surface area contributed by atoms with Crippen molar-refractivity contribution in [2.45, 2.75) is 4.90 Å². The quantitative estimate of drug-likeness (QED) is 0.525. The first-order valence-electron chi connectivity index (χ1n) is 2.63. The van der Waals surface area contributed by atoms with E-state index in [0.29, 0.717) is 0 Å². The molecule has 0 amide bonds. The summed E-state index contributed by atoms with van der Waals surface area (Å²) in [6, 6.07) is 7.42. The zero-order valence-electron chi connectivity index (χ0n) is 5.77. The van der Waals surface area contributed by atoms with E-state index < -0.39 is 10.1 Å². The fraction of sp³-hybridized carbons (Fsp3) is 0. The first kappa shape index (κ1) is 15.2. The van der Waals surface area contributed by atoms with Crippen LogP contribution in [0.5, 0.6) is 0 Å². The van der Waals surface area contributed by atoms with Gasteiger partial charge in [0.15, 0.2) is 0 Å². The van der Waals surface area contributed by atoms with Crippen molar-refractivity contribution in [3.8, 4) is 0 Å². The molecule has 0 atom stereocenters. The molecular weight excluding hydrogens is 205 g/mol. The SMILES string of the molecule is N.O=S(=O)(O)c1ccccc1.[KH]. The van der Waals surface area contributed by atoms with Gasteiger partial charge in [-0.25, -0.2) is 0 Å². The molecule has 0 saturated carbocycles. The Labute approximate surface area is 114 Å². The van der Waals surface area contributed by atoms with Gasteiger partial charge in [-0.2, -0.15) is 8.42 Å². The zero-order chi connectivity index (χ0) is 7.61. The molecule has 1 rings (SSSR count). The van der Waals surface area contributed by atoms with E-state index in [9.17, 15) is 8.42 Å². The van der Waals surface area contributed by atoms with Crippen LogP contribution in [0.15, 0.2) is 35.2 Å². The molecule has 0 heterocycles. The number of benzene rings is 1. The molecule has 0 aliphatic carbocycles. The maximum atomic E-state index is 10.4. The van der Waals surface area contributed by atoms with Gasteiger partial charge in [0.1, 0.15) is 0 Å². The maximum absolute atomic E-state index is 10.4. The third-order valence-electron chi connectivity index (χ3n) is 1.04. The summed E-state index contributed by atoms with van der Waals surface area (Å²) in [4.78, 5) is -0.0741. The molecule has 0 saturated heterocycles. The van der Waals surface area contributed by atoms with E-state index >= 15 is 0 Å². The van der Waals surface area contributed by atoms with Crippen LogP contribution >= 0.6 is 0 Å². The van der Waals surface area contributed by atoms with E-state index in [1.807, 2.05) is 0 Å². The molecule has 6 heteroatoms. The van der Waals surface area contributed by atoms with Crippen LogP contribution in [0.1, 0.15) is 0 Å². The van der Waals surface area contributed by atoms with Gasteiger partial charge in [-0.15, -0.1) is 0 Å². The van der Waals surface area contributed by atoms with Crippen LogP contribution in [0.25, 0.3) is 0 Å². The van der Waals surface area contributed by atoms with Gasteiger partial charge in [-0.05, 0) is 12.1 Å². The zero-order valence-corrected chi connectivity index (χ0v) is 6.58.